The first kappa shape index (κ1) is 14.1. The maximum atomic E-state index is 12.3. The van der Waals surface area contributed by atoms with Crippen LogP contribution in [0.3, 0.4) is 0 Å². The van der Waals surface area contributed by atoms with Gasteiger partial charge < -0.3 is 5.32 Å². The van der Waals surface area contributed by atoms with Crippen molar-refractivity contribution in [3.8, 4) is 0 Å². The highest BCUT2D eigenvalue weighted by molar-refractivity contribution is 7.14. The van der Waals surface area contributed by atoms with Crippen LogP contribution < -0.4 is 5.32 Å². The van der Waals surface area contributed by atoms with E-state index in [0.717, 1.165) is 21.8 Å². The topological polar surface area (TPSA) is 67.8 Å². The number of rotatable bonds is 4. The Bertz CT molecular complexity index is 778. The van der Waals surface area contributed by atoms with E-state index >= 15 is 0 Å². The lowest BCUT2D eigenvalue weighted by Gasteiger charge is -2.00. The minimum atomic E-state index is -0.142. The molecule has 5 nitrogen and oxygen atoms in total. The molecular weight excluding hydrogens is 304 g/mol. The van der Waals surface area contributed by atoms with E-state index in [1.807, 2.05) is 12.1 Å². The predicted molar refractivity (Wildman–Crippen MR) is 86.0 cm³/mol. The summed E-state index contributed by atoms with van der Waals surface area (Å²) in [6.45, 7) is 4.27. The van der Waals surface area contributed by atoms with Crippen molar-refractivity contribution in [3.05, 3.63) is 34.4 Å². The smallest absolute Gasteiger partial charge is 0.268 e. The highest BCUT2D eigenvalue weighted by atomic mass is 32.1. The fraction of sp³-hybridized carbons (Fsp3) is 0.286. The summed E-state index contributed by atoms with van der Waals surface area (Å²) in [5, 5.41) is 5.47. The molecular formula is C14H14N4OS2. The van der Waals surface area contributed by atoms with E-state index in [9.17, 15) is 4.79 Å². The van der Waals surface area contributed by atoms with Gasteiger partial charge in [-0.05, 0) is 29.6 Å². The van der Waals surface area contributed by atoms with Gasteiger partial charge in [-0.3, -0.25) is 4.79 Å². The van der Waals surface area contributed by atoms with Crippen LogP contribution in [0.1, 0.15) is 28.5 Å². The van der Waals surface area contributed by atoms with Gasteiger partial charge in [-0.2, -0.15) is 4.37 Å². The minimum absolute atomic E-state index is 0.142. The number of hydrogen-bond donors (Lipinski definition) is 1. The first-order valence-electron chi connectivity index (χ1n) is 6.60. The molecule has 0 aliphatic heterocycles. The second kappa shape index (κ2) is 5.87. The predicted octanol–water partition coefficient (Wildman–Crippen LogP) is 3.60. The van der Waals surface area contributed by atoms with Gasteiger partial charge in [-0.25, -0.2) is 9.97 Å². The molecule has 21 heavy (non-hydrogen) atoms. The van der Waals surface area contributed by atoms with Gasteiger partial charge in [0, 0.05) is 12.6 Å². The third-order valence-corrected chi connectivity index (χ3v) is 4.63. The zero-order chi connectivity index (χ0) is 14.8. The molecule has 7 heteroatoms. The van der Waals surface area contributed by atoms with E-state index in [1.54, 1.807) is 12.4 Å². The molecule has 0 fully saturated rings. The van der Waals surface area contributed by atoms with Crippen molar-refractivity contribution in [1.29, 1.82) is 0 Å². The molecule has 0 bridgehead atoms. The summed E-state index contributed by atoms with van der Waals surface area (Å²) < 4.78 is 4.21. The Morgan fingerprint density at radius 3 is 3.05 bits per heavy atom. The average Bonchev–Trinajstić information content (AvgIpc) is 3.06. The van der Waals surface area contributed by atoms with Crippen molar-refractivity contribution in [2.75, 3.05) is 5.32 Å². The van der Waals surface area contributed by atoms with Crippen LogP contribution in [0.5, 0.6) is 0 Å². The molecule has 3 rings (SSSR count). The van der Waals surface area contributed by atoms with Crippen molar-refractivity contribution in [3.63, 3.8) is 0 Å². The summed E-state index contributed by atoms with van der Waals surface area (Å²) in [5.74, 6) is 0.389. The van der Waals surface area contributed by atoms with Crippen LogP contribution in [0.2, 0.25) is 0 Å². The number of aromatic nitrogens is 3. The van der Waals surface area contributed by atoms with Crippen LogP contribution in [0, 0.1) is 5.92 Å². The number of amides is 1. The Hall–Kier alpha value is -1.86. The summed E-state index contributed by atoms with van der Waals surface area (Å²) in [6.07, 6.45) is 4.22. The van der Waals surface area contributed by atoms with E-state index in [4.69, 9.17) is 0 Å². The first-order chi connectivity index (χ1) is 10.1. The Morgan fingerprint density at radius 2 is 2.24 bits per heavy atom. The normalized spacial score (nSPS) is 11.2. The van der Waals surface area contributed by atoms with Crippen LogP contribution in [-0.2, 0) is 6.42 Å². The van der Waals surface area contributed by atoms with E-state index in [-0.39, 0.29) is 5.91 Å². The molecule has 0 atom stereocenters. The van der Waals surface area contributed by atoms with Gasteiger partial charge in [0.1, 0.15) is 9.88 Å². The molecule has 0 spiro atoms. The molecule has 0 unspecified atom stereocenters. The fourth-order valence-electron chi connectivity index (χ4n) is 1.90. The zero-order valence-electron chi connectivity index (χ0n) is 11.7. The number of thiazole rings is 1. The Kier molecular flexibility index (Phi) is 3.94. The SMILES string of the molecule is CC(C)Cc1ncc(C(=O)Nc2snc3ncccc23)s1. The van der Waals surface area contributed by atoms with Gasteiger partial charge in [0.05, 0.1) is 16.6 Å². The molecule has 0 aliphatic carbocycles. The molecule has 0 aliphatic rings. The van der Waals surface area contributed by atoms with Gasteiger partial charge in [0.15, 0.2) is 5.65 Å². The van der Waals surface area contributed by atoms with Crippen LogP contribution in [0.4, 0.5) is 5.00 Å². The summed E-state index contributed by atoms with van der Waals surface area (Å²) in [5.41, 5.74) is 0.655. The van der Waals surface area contributed by atoms with E-state index < -0.39 is 0 Å². The summed E-state index contributed by atoms with van der Waals surface area (Å²) >= 11 is 2.69. The van der Waals surface area contributed by atoms with Gasteiger partial charge in [0.2, 0.25) is 0 Å². The highest BCUT2D eigenvalue weighted by Crippen LogP contribution is 2.27. The number of anilines is 1. The Morgan fingerprint density at radius 1 is 1.38 bits per heavy atom. The number of pyridine rings is 1. The molecule has 3 aromatic rings. The van der Waals surface area contributed by atoms with Crippen molar-refractivity contribution in [1.82, 2.24) is 14.3 Å². The fourth-order valence-corrected chi connectivity index (χ4v) is 3.64. The molecule has 1 N–H and O–H groups in total. The molecule has 3 heterocycles. The van der Waals surface area contributed by atoms with Crippen LogP contribution in [-0.4, -0.2) is 20.2 Å². The third-order valence-electron chi connectivity index (χ3n) is 2.84. The van der Waals surface area contributed by atoms with E-state index in [1.165, 1.54) is 22.9 Å². The maximum Gasteiger partial charge on any atom is 0.268 e. The van der Waals surface area contributed by atoms with Crippen molar-refractivity contribution in [2.24, 2.45) is 5.92 Å². The van der Waals surface area contributed by atoms with Crippen LogP contribution >= 0.6 is 22.9 Å². The quantitative estimate of drug-likeness (QED) is 0.798. The second-order valence-corrected chi connectivity index (χ2v) is 6.95. The molecule has 0 saturated heterocycles. The van der Waals surface area contributed by atoms with E-state index in [0.29, 0.717) is 16.4 Å². The molecule has 3 aromatic heterocycles. The lowest BCUT2D eigenvalue weighted by Crippen LogP contribution is -2.09. The number of nitrogens with one attached hydrogen (secondary N) is 1. The molecule has 1 amide bonds. The number of fused-ring (bicyclic) bond motifs is 1. The highest BCUT2D eigenvalue weighted by Gasteiger charge is 2.14. The Balaban J connectivity index is 1.78. The van der Waals surface area contributed by atoms with Crippen LogP contribution in [0.15, 0.2) is 24.5 Å². The maximum absolute atomic E-state index is 12.3. The second-order valence-electron chi connectivity index (χ2n) is 5.06. The van der Waals surface area contributed by atoms with Crippen molar-refractivity contribution in [2.45, 2.75) is 20.3 Å². The van der Waals surface area contributed by atoms with Crippen molar-refractivity contribution >= 4 is 44.8 Å². The third kappa shape index (κ3) is 3.08. The molecule has 0 saturated carbocycles. The summed E-state index contributed by atoms with van der Waals surface area (Å²) in [6, 6.07) is 3.73. The number of carbonyl (C=O) groups is 1. The van der Waals surface area contributed by atoms with Gasteiger partial charge in [-0.1, -0.05) is 13.8 Å². The summed E-state index contributed by atoms with van der Waals surface area (Å²) in [7, 11) is 0. The Labute approximate surface area is 130 Å². The van der Waals surface area contributed by atoms with E-state index in [2.05, 4.69) is 33.5 Å². The van der Waals surface area contributed by atoms with Gasteiger partial charge >= 0.3 is 0 Å². The first-order valence-corrected chi connectivity index (χ1v) is 8.19. The molecule has 0 aromatic carbocycles. The lowest BCUT2D eigenvalue weighted by atomic mass is 10.1. The van der Waals surface area contributed by atoms with Gasteiger partial charge in [0.25, 0.3) is 5.91 Å². The molecule has 0 radical (unpaired) electrons. The monoisotopic (exact) mass is 318 g/mol. The molecule has 108 valence electrons. The van der Waals surface area contributed by atoms with Gasteiger partial charge in [-0.15, -0.1) is 11.3 Å². The standard InChI is InChI=1S/C14H14N4OS2/c1-8(2)6-11-16-7-10(20-11)13(19)17-14-9-4-3-5-15-12(9)18-21-14/h3-5,7-8H,6H2,1-2H3,(H,17,19). The zero-order valence-corrected chi connectivity index (χ0v) is 13.3. The minimum Gasteiger partial charge on any atom is -0.311 e. The average molecular weight is 318 g/mol. The van der Waals surface area contributed by atoms with Crippen LogP contribution in [0.25, 0.3) is 11.0 Å². The lowest BCUT2D eigenvalue weighted by molar-refractivity contribution is 0.103. The summed E-state index contributed by atoms with van der Waals surface area (Å²) in [4.78, 5) is 21.4. The number of nitrogens with zero attached hydrogens (tertiary/aromatic N) is 3. The van der Waals surface area contributed by atoms with Crippen molar-refractivity contribution < 1.29 is 4.79 Å². The largest absolute Gasteiger partial charge is 0.311 e. The number of hydrogen-bond acceptors (Lipinski definition) is 6. The number of carbonyl (C=O) groups excluding carboxylic acids is 1.